The molecule has 23 heavy (non-hydrogen) atoms. The van der Waals surface area contributed by atoms with E-state index in [9.17, 15) is 9.90 Å². The molecule has 7 heteroatoms. The molecule has 0 bridgehead atoms. The predicted octanol–water partition coefficient (Wildman–Crippen LogP) is 2.17. The van der Waals surface area contributed by atoms with Crippen LogP contribution in [0, 0.1) is 0 Å². The van der Waals surface area contributed by atoms with Crippen molar-refractivity contribution in [2.24, 2.45) is 0 Å². The Hall–Kier alpha value is -1.86. The smallest absolute Gasteiger partial charge is 0.321 e. The second-order valence-electron chi connectivity index (χ2n) is 4.61. The van der Waals surface area contributed by atoms with Crippen molar-refractivity contribution in [1.82, 2.24) is 5.32 Å². The summed E-state index contributed by atoms with van der Waals surface area (Å²) < 4.78 is 15.9. The molecular formula is C16H23NO5S. The van der Waals surface area contributed by atoms with Gasteiger partial charge in [-0.2, -0.15) is 11.8 Å². The van der Waals surface area contributed by atoms with Crippen molar-refractivity contribution in [2.75, 3.05) is 32.8 Å². The highest BCUT2D eigenvalue weighted by atomic mass is 32.2. The third-order valence-corrected chi connectivity index (χ3v) is 4.20. The molecule has 6 nitrogen and oxygen atoms in total. The summed E-state index contributed by atoms with van der Waals surface area (Å²) in [5, 5.41) is 12.3. The van der Waals surface area contributed by atoms with E-state index < -0.39 is 12.0 Å². The number of ether oxygens (including phenoxy) is 3. The van der Waals surface area contributed by atoms with Crippen LogP contribution in [0.5, 0.6) is 17.2 Å². The number of carboxylic acids is 1. The number of nitrogens with one attached hydrogen (secondary N) is 1. The first-order valence-electron chi connectivity index (χ1n) is 7.01. The van der Waals surface area contributed by atoms with Crippen LogP contribution in [-0.2, 0) is 11.3 Å². The maximum absolute atomic E-state index is 11.3. The maximum atomic E-state index is 11.3. The Bertz CT molecular complexity index is 510. The highest BCUT2D eigenvalue weighted by Crippen LogP contribution is 2.33. The van der Waals surface area contributed by atoms with E-state index in [2.05, 4.69) is 11.9 Å². The molecule has 0 amide bonds. The highest BCUT2D eigenvalue weighted by Gasteiger charge is 2.19. The molecule has 0 aliphatic heterocycles. The fraction of sp³-hybridized carbons (Fsp3) is 0.438. The molecule has 0 unspecified atom stereocenters. The van der Waals surface area contributed by atoms with Crippen LogP contribution < -0.4 is 19.5 Å². The zero-order valence-electron chi connectivity index (χ0n) is 13.6. The normalized spacial score (nSPS) is 11.6. The fourth-order valence-electron chi connectivity index (χ4n) is 1.96. The first-order valence-corrected chi connectivity index (χ1v) is 8.16. The molecule has 1 atom stereocenters. The van der Waals surface area contributed by atoms with Gasteiger partial charge in [-0.3, -0.25) is 10.1 Å². The summed E-state index contributed by atoms with van der Waals surface area (Å²) in [6.07, 6.45) is 1.75. The standard InChI is InChI=1S/C16H23NO5S/c1-5-6-23-10-13(16(18)19)17-9-12-14(21-3)7-11(20-2)8-15(12)22-4/h5,7-8,13,17H,1,6,9-10H2,2-4H3,(H,18,19)/t13-/m0/s1. The van der Waals surface area contributed by atoms with Gasteiger partial charge in [0.15, 0.2) is 0 Å². The topological polar surface area (TPSA) is 77.0 Å². The van der Waals surface area contributed by atoms with Crippen LogP contribution >= 0.6 is 11.8 Å². The molecule has 1 rings (SSSR count). The summed E-state index contributed by atoms with van der Waals surface area (Å²) in [6, 6.07) is 2.81. The van der Waals surface area contributed by atoms with Gasteiger partial charge >= 0.3 is 5.97 Å². The zero-order valence-corrected chi connectivity index (χ0v) is 14.4. The van der Waals surface area contributed by atoms with E-state index in [1.165, 1.54) is 11.8 Å². The summed E-state index contributed by atoms with van der Waals surface area (Å²) in [5.74, 6) is 2.03. The Labute approximate surface area is 140 Å². The van der Waals surface area contributed by atoms with Crippen LogP contribution in [0.3, 0.4) is 0 Å². The SMILES string of the molecule is C=CCSC[C@H](NCc1c(OC)cc(OC)cc1OC)C(=O)O. The van der Waals surface area contributed by atoms with Gasteiger partial charge in [0.1, 0.15) is 23.3 Å². The molecule has 0 aliphatic rings. The second kappa shape index (κ2) is 10.0. The molecule has 1 aromatic carbocycles. The van der Waals surface area contributed by atoms with Gasteiger partial charge in [0.25, 0.3) is 0 Å². The van der Waals surface area contributed by atoms with Gasteiger partial charge in [0.2, 0.25) is 0 Å². The average molecular weight is 341 g/mol. The van der Waals surface area contributed by atoms with Crippen molar-refractivity contribution >= 4 is 17.7 Å². The fourth-order valence-corrected chi connectivity index (χ4v) is 2.76. The minimum Gasteiger partial charge on any atom is -0.496 e. The van der Waals surface area contributed by atoms with Crippen LogP contribution in [-0.4, -0.2) is 50.0 Å². The largest absolute Gasteiger partial charge is 0.496 e. The quantitative estimate of drug-likeness (QED) is 0.472. The van der Waals surface area contributed by atoms with Gasteiger partial charge in [-0.15, -0.1) is 6.58 Å². The lowest BCUT2D eigenvalue weighted by Gasteiger charge is -2.18. The molecule has 0 heterocycles. The monoisotopic (exact) mass is 341 g/mol. The number of carbonyl (C=O) groups is 1. The van der Waals surface area contributed by atoms with Gasteiger partial charge in [-0.1, -0.05) is 6.08 Å². The molecule has 1 aromatic rings. The second-order valence-corrected chi connectivity index (χ2v) is 5.68. The minimum atomic E-state index is -0.895. The molecule has 128 valence electrons. The van der Waals surface area contributed by atoms with E-state index in [4.69, 9.17) is 14.2 Å². The van der Waals surface area contributed by atoms with Crippen LogP contribution in [0.25, 0.3) is 0 Å². The molecule has 0 fully saturated rings. The lowest BCUT2D eigenvalue weighted by Crippen LogP contribution is -2.38. The number of hydrogen-bond donors (Lipinski definition) is 2. The number of carboxylic acid groups (broad SMARTS) is 1. The summed E-state index contributed by atoms with van der Waals surface area (Å²) in [5.41, 5.74) is 0.746. The molecular weight excluding hydrogens is 318 g/mol. The van der Waals surface area contributed by atoms with E-state index in [1.54, 1.807) is 39.5 Å². The molecule has 0 saturated heterocycles. The Morgan fingerprint density at radius 1 is 1.30 bits per heavy atom. The van der Waals surface area contributed by atoms with Crippen molar-refractivity contribution in [3.8, 4) is 17.2 Å². The van der Waals surface area contributed by atoms with Crippen LogP contribution in [0.15, 0.2) is 24.8 Å². The summed E-state index contributed by atoms with van der Waals surface area (Å²) in [7, 11) is 4.65. The van der Waals surface area contributed by atoms with Gasteiger partial charge in [0, 0.05) is 30.2 Å². The van der Waals surface area contributed by atoms with Crippen LogP contribution in [0.1, 0.15) is 5.56 Å². The van der Waals surface area contributed by atoms with E-state index >= 15 is 0 Å². The first kappa shape index (κ1) is 19.2. The minimum absolute atomic E-state index is 0.307. The van der Waals surface area contributed by atoms with E-state index in [-0.39, 0.29) is 0 Å². The van der Waals surface area contributed by atoms with Crippen LogP contribution in [0.2, 0.25) is 0 Å². The van der Waals surface area contributed by atoms with Crippen molar-refractivity contribution in [3.63, 3.8) is 0 Å². The Morgan fingerprint density at radius 2 is 1.91 bits per heavy atom. The maximum Gasteiger partial charge on any atom is 0.321 e. The van der Waals surface area contributed by atoms with Crippen LogP contribution in [0.4, 0.5) is 0 Å². The number of aliphatic carboxylic acids is 1. The van der Waals surface area contributed by atoms with Gasteiger partial charge in [0.05, 0.1) is 26.9 Å². The summed E-state index contributed by atoms with van der Waals surface area (Å²) >= 11 is 1.51. The Balaban J connectivity index is 2.88. The van der Waals surface area contributed by atoms with Crippen molar-refractivity contribution in [1.29, 1.82) is 0 Å². The van der Waals surface area contributed by atoms with Crippen molar-refractivity contribution < 1.29 is 24.1 Å². The summed E-state index contributed by atoms with van der Waals surface area (Å²) in [4.78, 5) is 11.3. The summed E-state index contributed by atoms with van der Waals surface area (Å²) in [6.45, 7) is 3.93. The molecule has 0 radical (unpaired) electrons. The van der Waals surface area contributed by atoms with E-state index in [0.29, 0.717) is 35.3 Å². The van der Waals surface area contributed by atoms with E-state index in [0.717, 1.165) is 5.56 Å². The van der Waals surface area contributed by atoms with Gasteiger partial charge < -0.3 is 19.3 Å². The lowest BCUT2D eigenvalue weighted by atomic mass is 10.1. The molecule has 0 saturated carbocycles. The molecule has 0 aromatic heterocycles. The van der Waals surface area contributed by atoms with Crippen molar-refractivity contribution in [3.05, 3.63) is 30.4 Å². The number of rotatable bonds is 11. The molecule has 0 spiro atoms. The van der Waals surface area contributed by atoms with E-state index in [1.807, 2.05) is 0 Å². The molecule has 0 aliphatic carbocycles. The third-order valence-electron chi connectivity index (χ3n) is 3.16. The predicted molar refractivity (Wildman–Crippen MR) is 91.9 cm³/mol. The number of benzene rings is 1. The lowest BCUT2D eigenvalue weighted by molar-refractivity contribution is -0.138. The third kappa shape index (κ3) is 5.69. The molecule has 2 N–H and O–H groups in total. The number of hydrogen-bond acceptors (Lipinski definition) is 6. The zero-order chi connectivity index (χ0) is 17.2. The van der Waals surface area contributed by atoms with Gasteiger partial charge in [-0.05, 0) is 0 Å². The highest BCUT2D eigenvalue weighted by molar-refractivity contribution is 7.99. The first-order chi connectivity index (χ1) is 11.1. The Kier molecular flexibility index (Phi) is 8.36. The Morgan fingerprint density at radius 3 is 2.35 bits per heavy atom. The number of methoxy groups -OCH3 is 3. The average Bonchev–Trinajstić information content (AvgIpc) is 2.56. The van der Waals surface area contributed by atoms with Gasteiger partial charge in [-0.25, -0.2) is 0 Å². The van der Waals surface area contributed by atoms with Crippen molar-refractivity contribution in [2.45, 2.75) is 12.6 Å². The number of thioether (sulfide) groups is 1.